The van der Waals surface area contributed by atoms with Gasteiger partial charge in [-0.3, -0.25) is 13.9 Å². The summed E-state index contributed by atoms with van der Waals surface area (Å²) in [5.41, 5.74) is 3.54. The van der Waals surface area contributed by atoms with Gasteiger partial charge in [-0.15, -0.1) is 0 Å². The Bertz CT molecular complexity index is 1430. The SMILES string of the molecule is CC[C@@H](C)NC(=O)[C@H](Cc1ccccc1)N(Cc1ccccc1Cl)C(=O)CN(c1cc(C)ccc1C)S(C)(=O)=O. The van der Waals surface area contributed by atoms with E-state index in [-0.39, 0.29) is 24.9 Å². The quantitative estimate of drug-likeness (QED) is 0.314. The lowest BCUT2D eigenvalue weighted by atomic mass is 10.0. The number of hydrogen-bond donors (Lipinski definition) is 1. The number of carbonyl (C=O) groups excluding carboxylic acids is 2. The minimum absolute atomic E-state index is 0.0360. The Morgan fingerprint density at radius 3 is 2.25 bits per heavy atom. The highest BCUT2D eigenvalue weighted by Crippen LogP contribution is 2.26. The molecule has 0 saturated heterocycles. The molecule has 9 heteroatoms. The Balaban J connectivity index is 2.10. The first-order valence-corrected chi connectivity index (χ1v) is 15.6. The molecule has 40 heavy (non-hydrogen) atoms. The van der Waals surface area contributed by atoms with Crippen molar-refractivity contribution in [3.63, 3.8) is 0 Å². The molecule has 3 aromatic rings. The van der Waals surface area contributed by atoms with Crippen LogP contribution in [0, 0.1) is 13.8 Å². The van der Waals surface area contributed by atoms with Gasteiger partial charge >= 0.3 is 0 Å². The fourth-order valence-corrected chi connectivity index (χ4v) is 5.48. The molecule has 0 heterocycles. The van der Waals surface area contributed by atoms with Gasteiger partial charge in [-0.2, -0.15) is 0 Å². The number of aryl methyl sites for hydroxylation is 2. The van der Waals surface area contributed by atoms with Crippen LogP contribution in [0.3, 0.4) is 0 Å². The summed E-state index contributed by atoms with van der Waals surface area (Å²) in [4.78, 5) is 29.3. The van der Waals surface area contributed by atoms with Gasteiger partial charge in [0.15, 0.2) is 0 Å². The highest BCUT2D eigenvalue weighted by molar-refractivity contribution is 7.92. The summed E-state index contributed by atoms with van der Waals surface area (Å²) in [5.74, 6) is -0.817. The molecular weight excluding hydrogens is 546 g/mol. The molecule has 0 unspecified atom stereocenters. The second-order valence-corrected chi connectivity index (χ2v) is 12.5. The average molecular weight is 584 g/mol. The first-order valence-electron chi connectivity index (χ1n) is 13.3. The van der Waals surface area contributed by atoms with E-state index in [1.54, 1.807) is 31.2 Å². The number of nitrogens with zero attached hydrogens (tertiary/aromatic N) is 2. The fraction of sp³-hybridized carbons (Fsp3) is 0.355. The Morgan fingerprint density at radius 1 is 0.975 bits per heavy atom. The number of hydrogen-bond acceptors (Lipinski definition) is 4. The predicted octanol–water partition coefficient (Wildman–Crippen LogP) is 5.28. The van der Waals surface area contributed by atoms with Gasteiger partial charge in [0.25, 0.3) is 0 Å². The first kappa shape index (κ1) is 31.2. The highest BCUT2D eigenvalue weighted by atomic mass is 35.5. The molecule has 2 atom stereocenters. The Labute approximate surface area is 243 Å². The van der Waals surface area contributed by atoms with Crippen LogP contribution in [0.25, 0.3) is 0 Å². The smallest absolute Gasteiger partial charge is 0.244 e. The van der Waals surface area contributed by atoms with Crippen molar-refractivity contribution in [2.24, 2.45) is 0 Å². The molecule has 1 N–H and O–H groups in total. The minimum atomic E-state index is -3.84. The zero-order valence-corrected chi connectivity index (χ0v) is 25.3. The molecule has 0 aromatic heterocycles. The van der Waals surface area contributed by atoms with Gasteiger partial charge in [-0.05, 0) is 61.6 Å². The van der Waals surface area contributed by atoms with Gasteiger partial charge in [0.1, 0.15) is 12.6 Å². The molecule has 0 fully saturated rings. The van der Waals surface area contributed by atoms with Crippen molar-refractivity contribution >= 4 is 39.1 Å². The zero-order valence-electron chi connectivity index (χ0n) is 23.7. The molecule has 3 rings (SSSR count). The maximum absolute atomic E-state index is 14.2. The number of nitrogens with one attached hydrogen (secondary N) is 1. The topological polar surface area (TPSA) is 86.8 Å². The lowest BCUT2D eigenvalue weighted by Crippen LogP contribution is -2.54. The van der Waals surface area contributed by atoms with E-state index >= 15 is 0 Å². The Kier molecular flexibility index (Phi) is 10.8. The Morgan fingerprint density at radius 2 is 1.62 bits per heavy atom. The van der Waals surface area contributed by atoms with Crippen molar-refractivity contribution < 1.29 is 18.0 Å². The van der Waals surface area contributed by atoms with E-state index in [0.29, 0.717) is 16.3 Å². The van der Waals surface area contributed by atoms with Gasteiger partial charge < -0.3 is 10.2 Å². The normalized spacial score (nSPS) is 12.8. The number of anilines is 1. The van der Waals surface area contributed by atoms with Crippen LogP contribution in [0.4, 0.5) is 5.69 Å². The highest BCUT2D eigenvalue weighted by Gasteiger charge is 2.34. The summed E-state index contributed by atoms with van der Waals surface area (Å²) >= 11 is 6.49. The molecule has 0 spiro atoms. The van der Waals surface area contributed by atoms with E-state index in [0.717, 1.165) is 33.7 Å². The van der Waals surface area contributed by atoms with Gasteiger partial charge in [-0.25, -0.2) is 8.42 Å². The van der Waals surface area contributed by atoms with Crippen molar-refractivity contribution in [3.05, 3.63) is 100 Å². The van der Waals surface area contributed by atoms with Crippen LogP contribution >= 0.6 is 11.6 Å². The fourth-order valence-electron chi connectivity index (χ4n) is 4.39. The molecule has 0 aliphatic rings. The third kappa shape index (κ3) is 8.32. The van der Waals surface area contributed by atoms with Crippen molar-refractivity contribution in [1.82, 2.24) is 10.2 Å². The summed E-state index contributed by atoms with van der Waals surface area (Å²) in [6, 6.07) is 21.0. The van der Waals surface area contributed by atoms with Crippen molar-refractivity contribution in [1.29, 1.82) is 0 Å². The maximum atomic E-state index is 14.2. The van der Waals surface area contributed by atoms with Gasteiger partial charge in [-0.1, -0.05) is 79.2 Å². The average Bonchev–Trinajstić information content (AvgIpc) is 2.91. The zero-order chi connectivity index (χ0) is 29.4. The molecule has 0 saturated carbocycles. The first-order chi connectivity index (χ1) is 18.9. The number of halogens is 1. The van der Waals surface area contributed by atoms with Crippen LogP contribution in [-0.2, 0) is 32.6 Å². The molecular formula is C31H38ClN3O4S. The van der Waals surface area contributed by atoms with E-state index in [1.165, 1.54) is 4.90 Å². The number of benzene rings is 3. The van der Waals surface area contributed by atoms with Crippen LogP contribution in [0.5, 0.6) is 0 Å². The van der Waals surface area contributed by atoms with Crippen molar-refractivity contribution in [2.75, 3.05) is 17.1 Å². The molecule has 0 aliphatic heterocycles. The maximum Gasteiger partial charge on any atom is 0.244 e. The lowest BCUT2D eigenvalue weighted by Gasteiger charge is -2.34. The van der Waals surface area contributed by atoms with Gasteiger partial charge in [0, 0.05) is 24.0 Å². The van der Waals surface area contributed by atoms with Gasteiger partial charge in [0.05, 0.1) is 11.9 Å². The molecule has 0 aliphatic carbocycles. The van der Waals surface area contributed by atoms with Crippen molar-refractivity contribution in [3.8, 4) is 0 Å². The molecule has 214 valence electrons. The van der Waals surface area contributed by atoms with Gasteiger partial charge in [0.2, 0.25) is 21.8 Å². The Hall–Kier alpha value is -3.36. The van der Waals surface area contributed by atoms with E-state index in [1.807, 2.05) is 69.3 Å². The van der Waals surface area contributed by atoms with Crippen LogP contribution in [0.2, 0.25) is 5.02 Å². The lowest BCUT2D eigenvalue weighted by molar-refractivity contribution is -0.140. The largest absolute Gasteiger partial charge is 0.352 e. The number of amides is 2. The predicted molar refractivity (Wildman–Crippen MR) is 162 cm³/mol. The number of carbonyl (C=O) groups is 2. The summed E-state index contributed by atoms with van der Waals surface area (Å²) in [7, 11) is -3.84. The number of rotatable bonds is 12. The van der Waals surface area contributed by atoms with Crippen LogP contribution in [0.15, 0.2) is 72.8 Å². The summed E-state index contributed by atoms with van der Waals surface area (Å²) in [6.45, 7) is 7.12. The minimum Gasteiger partial charge on any atom is -0.352 e. The van der Waals surface area contributed by atoms with Crippen LogP contribution in [-0.4, -0.2) is 50.0 Å². The van der Waals surface area contributed by atoms with E-state index < -0.39 is 28.5 Å². The number of sulfonamides is 1. The summed E-state index contributed by atoms with van der Waals surface area (Å²) in [5, 5.41) is 3.47. The third-order valence-corrected chi connectivity index (χ3v) is 8.38. The van der Waals surface area contributed by atoms with Crippen LogP contribution < -0.4 is 9.62 Å². The monoisotopic (exact) mass is 583 g/mol. The van der Waals surface area contributed by atoms with E-state index in [4.69, 9.17) is 11.6 Å². The van der Waals surface area contributed by atoms with Crippen molar-refractivity contribution in [2.45, 2.75) is 59.2 Å². The second-order valence-electron chi connectivity index (χ2n) is 10.2. The molecule has 0 radical (unpaired) electrons. The van der Waals surface area contributed by atoms with E-state index in [2.05, 4.69) is 5.32 Å². The standard InChI is InChI=1S/C31H38ClN3O4S/c1-6-24(4)33-31(37)29(19-25-12-8-7-9-13-25)34(20-26-14-10-11-15-27(26)32)30(36)21-35(40(5,38)39)28-18-22(2)16-17-23(28)3/h7-18,24,29H,6,19-21H2,1-5H3,(H,33,37)/t24-,29+/m1/s1. The van der Waals surface area contributed by atoms with E-state index in [9.17, 15) is 18.0 Å². The molecule has 2 amide bonds. The molecule has 0 bridgehead atoms. The van der Waals surface area contributed by atoms with Crippen LogP contribution in [0.1, 0.15) is 42.5 Å². The second kappa shape index (κ2) is 13.8. The summed E-state index contributed by atoms with van der Waals surface area (Å²) in [6.07, 6.45) is 2.05. The summed E-state index contributed by atoms with van der Waals surface area (Å²) < 4.78 is 27.1. The molecule has 7 nitrogen and oxygen atoms in total. The third-order valence-electron chi connectivity index (χ3n) is 6.88. The molecule has 3 aromatic carbocycles.